The lowest BCUT2D eigenvalue weighted by atomic mass is 10.2. The van der Waals surface area contributed by atoms with Crippen LogP contribution in [0.25, 0.3) is 10.9 Å². The molecule has 3 rings (SSSR count). The van der Waals surface area contributed by atoms with Gasteiger partial charge in [0.2, 0.25) is 0 Å². The summed E-state index contributed by atoms with van der Waals surface area (Å²) in [6.45, 7) is 4.16. The molecular weight excluding hydrogens is 302 g/mol. The summed E-state index contributed by atoms with van der Waals surface area (Å²) >= 11 is 1.46. The molecule has 22 heavy (non-hydrogen) atoms. The molecule has 0 aliphatic heterocycles. The van der Waals surface area contributed by atoms with Gasteiger partial charge in [-0.25, -0.2) is 14.5 Å². The van der Waals surface area contributed by atoms with Crippen LogP contribution < -0.4 is 5.56 Å². The number of thiazole rings is 1. The fourth-order valence-corrected chi connectivity index (χ4v) is 3.10. The van der Waals surface area contributed by atoms with E-state index < -0.39 is 6.09 Å². The normalized spacial score (nSPS) is 11.0. The van der Waals surface area contributed by atoms with Gasteiger partial charge >= 0.3 is 6.09 Å². The molecule has 3 aromatic rings. The van der Waals surface area contributed by atoms with Gasteiger partial charge < -0.3 is 4.74 Å². The van der Waals surface area contributed by atoms with Gasteiger partial charge in [0.15, 0.2) is 0 Å². The molecule has 114 valence electrons. The average molecular weight is 317 g/mol. The van der Waals surface area contributed by atoms with E-state index in [0.29, 0.717) is 17.4 Å². The molecule has 0 spiro atoms. The van der Waals surface area contributed by atoms with Crippen molar-refractivity contribution in [2.24, 2.45) is 0 Å². The molecule has 0 aliphatic rings. The molecule has 2 aromatic heterocycles. The maximum Gasteiger partial charge on any atom is 0.433 e. The Labute approximate surface area is 130 Å². The summed E-state index contributed by atoms with van der Waals surface area (Å²) in [5.74, 6) is 0. The third-order valence-electron chi connectivity index (χ3n) is 3.42. The topological polar surface area (TPSA) is 66.1 Å². The number of hydrogen-bond acceptors (Lipinski definition) is 5. The summed E-state index contributed by atoms with van der Waals surface area (Å²) in [5.41, 5.74) is 2.93. The zero-order chi connectivity index (χ0) is 15.7. The van der Waals surface area contributed by atoms with Crippen LogP contribution in [0.5, 0.6) is 0 Å². The number of hydrogen-bond donors (Lipinski definition) is 0. The van der Waals surface area contributed by atoms with Crippen LogP contribution >= 0.6 is 11.3 Å². The molecular formula is C15H15N3O3S. The molecule has 0 aliphatic carbocycles. The molecule has 0 atom stereocenters. The lowest BCUT2D eigenvalue weighted by Crippen LogP contribution is -2.28. The van der Waals surface area contributed by atoms with Crippen LogP contribution in [0.1, 0.15) is 17.5 Å². The van der Waals surface area contributed by atoms with Crippen LogP contribution in [0.3, 0.4) is 0 Å². The molecule has 0 fully saturated rings. The third kappa shape index (κ3) is 2.33. The molecule has 0 radical (unpaired) electrons. The second-order valence-corrected chi connectivity index (χ2v) is 5.69. The van der Waals surface area contributed by atoms with Gasteiger partial charge in [0.1, 0.15) is 0 Å². The second-order valence-electron chi connectivity index (χ2n) is 4.75. The van der Waals surface area contributed by atoms with Crippen molar-refractivity contribution in [2.45, 2.75) is 20.4 Å². The Kier molecular flexibility index (Phi) is 3.81. The van der Waals surface area contributed by atoms with Gasteiger partial charge in [0.25, 0.3) is 5.56 Å². The first-order valence-electron chi connectivity index (χ1n) is 6.90. The molecule has 0 N–H and O–H groups in total. The predicted molar refractivity (Wildman–Crippen MR) is 84.6 cm³/mol. The van der Waals surface area contributed by atoms with Crippen molar-refractivity contribution in [1.29, 1.82) is 0 Å². The Morgan fingerprint density at radius 3 is 2.82 bits per heavy atom. The zero-order valence-electron chi connectivity index (χ0n) is 12.3. The van der Waals surface area contributed by atoms with Gasteiger partial charge in [-0.2, -0.15) is 4.68 Å². The highest BCUT2D eigenvalue weighted by Gasteiger charge is 2.20. The summed E-state index contributed by atoms with van der Waals surface area (Å²) in [5, 5.41) is 0.498. The van der Waals surface area contributed by atoms with Crippen molar-refractivity contribution in [3.05, 3.63) is 50.7 Å². The summed E-state index contributed by atoms with van der Waals surface area (Å²) in [6, 6.07) is 7.02. The van der Waals surface area contributed by atoms with Crippen molar-refractivity contribution >= 4 is 28.3 Å². The highest BCUT2D eigenvalue weighted by molar-refractivity contribution is 7.09. The number of carbonyl (C=O) groups excluding carboxylic acids is 1. The van der Waals surface area contributed by atoms with Crippen LogP contribution in [0.2, 0.25) is 0 Å². The molecule has 0 unspecified atom stereocenters. The van der Waals surface area contributed by atoms with E-state index in [0.717, 1.165) is 10.6 Å². The summed E-state index contributed by atoms with van der Waals surface area (Å²) in [4.78, 5) is 30.0. The number of aryl methyl sites for hydroxylation is 1. The van der Waals surface area contributed by atoms with Crippen LogP contribution in [-0.4, -0.2) is 27.0 Å². The van der Waals surface area contributed by atoms with E-state index in [1.165, 1.54) is 20.7 Å². The van der Waals surface area contributed by atoms with Crippen LogP contribution in [0.15, 0.2) is 34.6 Å². The van der Waals surface area contributed by atoms with Crippen LogP contribution in [-0.2, 0) is 11.3 Å². The minimum absolute atomic E-state index is 0.212. The molecule has 2 heterocycles. The van der Waals surface area contributed by atoms with Crippen LogP contribution in [0.4, 0.5) is 4.79 Å². The van der Waals surface area contributed by atoms with Gasteiger partial charge in [-0.15, -0.1) is 11.3 Å². The van der Waals surface area contributed by atoms with E-state index in [9.17, 15) is 9.59 Å². The number of carbonyl (C=O) groups is 1. The van der Waals surface area contributed by atoms with E-state index in [1.807, 2.05) is 6.92 Å². The van der Waals surface area contributed by atoms with Gasteiger partial charge in [0.05, 0.1) is 35.3 Å². The average Bonchev–Trinajstić information content (AvgIpc) is 3.03. The molecule has 0 saturated carbocycles. The SMILES string of the molecule is CCOC(=O)n1c2ccccc2c(=O)n1Cc1scnc1C. The standard InChI is InChI=1S/C15H15N3O3S/c1-3-21-15(20)18-12-7-5-4-6-11(12)14(19)17(18)8-13-10(2)16-9-22-13/h4-7,9H,3,8H2,1-2H3. The van der Waals surface area contributed by atoms with E-state index in [2.05, 4.69) is 4.98 Å². The smallest absolute Gasteiger partial charge is 0.433 e. The number of aromatic nitrogens is 3. The minimum Gasteiger partial charge on any atom is -0.448 e. The number of fused-ring (bicyclic) bond motifs is 1. The summed E-state index contributed by atoms with van der Waals surface area (Å²) in [7, 11) is 0. The van der Waals surface area contributed by atoms with Crippen molar-refractivity contribution in [3.63, 3.8) is 0 Å². The van der Waals surface area contributed by atoms with Gasteiger partial charge in [-0.1, -0.05) is 12.1 Å². The van der Waals surface area contributed by atoms with Crippen molar-refractivity contribution in [1.82, 2.24) is 14.3 Å². The molecule has 6 nitrogen and oxygen atoms in total. The fourth-order valence-electron chi connectivity index (χ4n) is 2.34. The predicted octanol–water partition coefficient (Wildman–Crippen LogP) is 2.62. The number of ether oxygens (including phenoxy) is 1. The van der Waals surface area contributed by atoms with E-state index >= 15 is 0 Å². The Morgan fingerprint density at radius 1 is 1.36 bits per heavy atom. The van der Waals surface area contributed by atoms with Crippen molar-refractivity contribution in [3.8, 4) is 0 Å². The van der Waals surface area contributed by atoms with E-state index in [1.54, 1.807) is 36.7 Å². The van der Waals surface area contributed by atoms with E-state index in [4.69, 9.17) is 4.74 Å². The molecule has 7 heteroatoms. The maximum atomic E-state index is 12.6. The first-order valence-corrected chi connectivity index (χ1v) is 7.78. The number of benzene rings is 1. The second kappa shape index (κ2) is 5.76. The minimum atomic E-state index is -0.553. The third-order valence-corrected chi connectivity index (χ3v) is 4.34. The lowest BCUT2D eigenvalue weighted by molar-refractivity contribution is 0.147. The monoisotopic (exact) mass is 317 g/mol. The first-order chi connectivity index (χ1) is 10.6. The largest absolute Gasteiger partial charge is 0.448 e. The van der Waals surface area contributed by atoms with Gasteiger partial charge in [0, 0.05) is 4.88 Å². The Morgan fingerprint density at radius 2 is 2.14 bits per heavy atom. The fraction of sp³-hybridized carbons (Fsp3) is 0.267. The molecule has 0 amide bonds. The number of nitrogens with zero attached hydrogens (tertiary/aromatic N) is 3. The Bertz CT molecular complexity index is 891. The molecule has 1 aromatic carbocycles. The van der Waals surface area contributed by atoms with Crippen LogP contribution in [0, 0.1) is 6.92 Å². The Balaban J connectivity index is 2.21. The van der Waals surface area contributed by atoms with Gasteiger partial charge in [-0.05, 0) is 26.0 Å². The van der Waals surface area contributed by atoms with Gasteiger partial charge in [-0.3, -0.25) is 4.79 Å². The Hall–Kier alpha value is -2.41. The molecule has 0 bridgehead atoms. The number of para-hydroxylation sites is 1. The summed E-state index contributed by atoms with van der Waals surface area (Å²) < 4.78 is 7.80. The first kappa shape index (κ1) is 14.5. The quantitative estimate of drug-likeness (QED) is 0.745. The number of rotatable bonds is 3. The highest BCUT2D eigenvalue weighted by atomic mass is 32.1. The summed E-state index contributed by atoms with van der Waals surface area (Å²) in [6.07, 6.45) is -0.553. The lowest BCUT2D eigenvalue weighted by Gasteiger charge is -2.10. The highest BCUT2D eigenvalue weighted by Crippen LogP contribution is 2.17. The zero-order valence-corrected chi connectivity index (χ0v) is 13.1. The van der Waals surface area contributed by atoms with Crippen molar-refractivity contribution < 1.29 is 9.53 Å². The maximum absolute atomic E-state index is 12.6. The molecule has 0 saturated heterocycles. The van der Waals surface area contributed by atoms with Crippen molar-refractivity contribution in [2.75, 3.05) is 6.61 Å². The van der Waals surface area contributed by atoms with E-state index in [-0.39, 0.29) is 12.2 Å².